The number of urea groups is 1. The van der Waals surface area contributed by atoms with Crippen molar-refractivity contribution in [1.29, 1.82) is 0 Å². The molecule has 0 saturated heterocycles. The van der Waals surface area contributed by atoms with Crippen molar-refractivity contribution < 1.29 is 19.5 Å². The monoisotopic (exact) mass is 535 g/mol. The zero-order valence-electron chi connectivity index (χ0n) is 19.6. The highest BCUT2D eigenvalue weighted by atomic mass is 35.5. The molecule has 188 valence electrons. The molecule has 9 heteroatoms. The smallest absolute Gasteiger partial charge is 0.323 e. The van der Waals surface area contributed by atoms with Crippen molar-refractivity contribution in [1.82, 2.24) is 4.90 Å². The van der Waals surface area contributed by atoms with Gasteiger partial charge in [-0.05, 0) is 40.6 Å². The third-order valence-electron chi connectivity index (χ3n) is 5.66. The average molecular weight is 536 g/mol. The maximum absolute atomic E-state index is 13.8. The van der Waals surface area contributed by atoms with E-state index in [2.05, 4.69) is 10.6 Å². The highest BCUT2D eigenvalue weighted by Gasteiger charge is 2.22. The van der Waals surface area contributed by atoms with Crippen LogP contribution in [0.5, 0.6) is 0 Å². The van der Waals surface area contributed by atoms with Crippen LogP contribution in [0.2, 0.25) is 10.0 Å². The molecule has 4 aromatic carbocycles. The number of amides is 3. The van der Waals surface area contributed by atoms with Gasteiger partial charge in [0.15, 0.2) is 0 Å². The maximum Gasteiger partial charge on any atom is 0.323 e. The highest BCUT2D eigenvalue weighted by molar-refractivity contribution is 6.39. The summed E-state index contributed by atoms with van der Waals surface area (Å²) in [7, 11) is 0. The van der Waals surface area contributed by atoms with E-state index in [-0.39, 0.29) is 46.5 Å². The molecule has 0 spiro atoms. The highest BCUT2D eigenvalue weighted by Crippen LogP contribution is 2.31. The zero-order valence-corrected chi connectivity index (χ0v) is 21.1. The number of carboxylic acid groups (broad SMARTS) is 1. The molecule has 7 nitrogen and oxygen atoms in total. The van der Waals surface area contributed by atoms with Crippen LogP contribution >= 0.6 is 23.2 Å². The Labute approximate surface area is 223 Å². The summed E-state index contributed by atoms with van der Waals surface area (Å²) < 4.78 is 0. The van der Waals surface area contributed by atoms with Gasteiger partial charge in [0.1, 0.15) is 0 Å². The average Bonchev–Trinajstić information content (AvgIpc) is 2.88. The number of aliphatic carboxylic acids is 1. The Morgan fingerprint density at radius 2 is 1.41 bits per heavy atom. The van der Waals surface area contributed by atoms with Gasteiger partial charge in [0, 0.05) is 13.1 Å². The van der Waals surface area contributed by atoms with Crippen molar-refractivity contribution in [3.8, 4) is 0 Å². The molecule has 0 unspecified atom stereocenters. The van der Waals surface area contributed by atoms with Gasteiger partial charge in [-0.15, -0.1) is 0 Å². The van der Waals surface area contributed by atoms with Gasteiger partial charge < -0.3 is 20.6 Å². The Morgan fingerprint density at radius 3 is 2.05 bits per heavy atom. The van der Waals surface area contributed by atoms with Gasteiger partial charge in [-0.25, -0.2) is 4.79 Å². The van der Waals surface area contributed by atoms with Crippen LogP contribution in [0.4, 0.5) is 16.2 Å². The third-order valence-corrected chi connectivity index (χ3v) is 6.29. The first-order valence-electron chi connectivity index (χ1n) is 11.4. The van der Waals surface area contributed by atoms with Crippen LogP contribution in [0, 0.1) is 0 Å². The number of benzene rings is 4. The molecule has 4 rings (SSSR count). The fourth-order valence-electron chi connectivity index (χ4n) is 3.86. The van der Waals surface area contributed by atoms with Crippen molar-refractivity contribution in [2.45, 2.75) is 13.0 Å². The molecule has 3 amide bonds. The molecule has 0 aromatic heterocycles. The molecule has 0 radical (unpaired) electrons. The Hall–Kier alpha value is -4.07. The SMILES string of the molecule is O=C(O)CCN(Cc1ccccc1)C(=O)c1cc2ccccc2cc1NC(=O)Nc1c(Cl)cccc1Cl. The van der Waals surface area contributed by atoms with Gasteiger partial charge >= 0.3 is 12.0 Å². The van der Waals surface area contributed by atoms with Gasteiger partial charge in [-0.3, -0.25) is 9.59 Å². The minimum atomic E-state index is -1.02. The van der Waals surface area contributed by atoms with Gasteiger partial charge in [-0.1, -0.05) is 83.9 Å². The van der Waals surface area contributed by atoms with Crippen LogP contribution in [-0.4, -0.2) is 34.5 Å². The van der Waals surface area contributed by atoms with E-state index in [1.54, 1.807) is 30.3 Å². The molecule has 0 aliphatic heterocycles. The molecule has 37 heavy (non-hydrogen) atoms. The molecule has 0 atom stereocenters. The van der Waals surface area contributed by atoms with Gasteiger partial charge in [0.05, 0.1) is 33.4 Å². The quantitative estimate of drug-likeness (QED) is 0.228. The summed E-state index contributed by atoms with van der Waals surface area (Å²) in [6.45, 7) is 0.206. The van der Waals surface area contributed by atoms with Crippen LogP contribution < -0.4 is 10.6 Å². The number of carbonyl (C=O) groups excluding carboxylic acids is 2. The van der Waals surface area contributed by atoms with Crippen molar-refractivity contribution in [2.75, 3.05) is 17.2 Å². The third kappa shape index (κ3) is 6.58. The van der Waals surface area contributed by atoms with E-state index in [9.17, 15) is 19.5 Å². The Kier molecular flexibility index (Phi) is 8.28. The van der Waals surface area contributed by atoms with Crippen LogP contribution in [0.25, 0.3) is 10.8 Å². The molecule has 0 aliphatic carbocycles. The number of fused-ring (bicyclic) bond motifs is 1. The Bertz CT molecular complexity index is 1440. The van der Waals surface area contributed by atoms with Crippen molar-refractivity contribution in [3.05, 3.63) is 106 Å². The molecule has 0 fully saturated rings. The Morgan fingerprint density at radius 1 is 0.784 bits per heavy atom. The number of nitrogens with one attached hydrogen (secondary N) is 2. The minimum absolute atomic E-state index is 0.00322. The zero-order chi connectivity index (χ0) is 26.4. The number of halogens is 2. The van der Waals surface area contributed by atoms with E-state index < -0.39 is 17.9 Å². The summed E-state index contributed by atoms with van der Waals surface area (Å²) in [5, 5.41) is 16.8. The van der Waals surface area contributed by atoms with E-state index in [1.165, 1.54) is 4.90 Å². The van der Waals surface area contributed by atoms with Crippen LogP contribution in [0.1, 0.15) is 22.3 Å². The molecule has 3 N–H and O–H groups in total. The first-order valence-corrected chi connectivity index (χ1v) is 12.2. The van der Waals surface area contributed by atoms with Crippen molar-refractivity contribution in [3.63, 3.8) is 0 Å². The van der Waals surface area contributed by atoms with E-state index >= 15 is 0 Å². The summed E-state index contributed by atoms with van der Waals surface area (Å²) in [5.41, 5.74) is 1.57. The van der Waals surface area contributed by atoms with Crippen molar-refractivity contribution in [2.24, 2.45) is 0 Å². The molecule has 4 aromatic rings. The van der Waals surface area contributed by atoms with Crippen molar-refractivity contribution >= 4 is 63.3 Å². The lowest BCUT2D eigenvalue weighted by molar-refractivity contribution is -0.137. The number of hydrogen-bond acceptors (Lipinski definition) is 3. The molecular formula is C28H23Cl2N3O4. The molecule has 0 heterocycles. The van der Waals surface area contributed by atoms with E-state index in [0.717, 1.165) is 16.3 Å². The predicted octanol–water partition coefficient (Wildman–Crippen LogP) is 6.91. The van der Waals surface area contributed by atoms with Crippen LogP contribution in [0.15, 0.2) is 84.9 Å². The van der Waals surface area contributed by atoms with Gasteiger partial charge in [-0.2, -0.15) is 0 Å². The number of carboxylic acids is 1. The number of para-hydroxylation sites is 1. The standard InChI is InChI=1S/C28H23Cl2N3O4/c29-22-11-6-12-23(30)26(22)32-28(37)31-24-16-20-10-5-4-9-19(20)15-21(24)27(36)33(14-13-25(34)35)17-18-7-2-1-3-8-18/h1-12,15-16H,13-14,17H2,(H,34,35)(H2,31,32,37). The summed E-state index contributed by atoms with van der Waals surface area (Å²) in [4.78, 5) is 39.5. The second-order valence-electron chi connectivity index (χ2n) is 8.28. The molecule has 0 bridgehead atoms. The maximum atomic E-state index is 13.8. The summed E-state index contributed by atoms with van der Waals surface area (Å²) in [6, 6.07) is 24.3. The number of rotatable bonds is 8. The van der Waals surface area contributed by atoms with Crippen LogP contribution in [-0.2, 0) is 11.3 Å². The topological polar surface area (TPSA) is 98.7 Å². The second kappa shape index (κ2) is 11.8. The molecular weight excluding hydrogens is 513 g/mol. The fraction of sp³-hybridized carbons (Fsp3) is 0.107. The molecule has 0 aliphatic rings. The number of nitrogens with zero attached hydrogens (tertiary/aromatic N) is 1. The fourth-order valence-corrected chi connectivity index (χ4v) is 4.35. The van der Waals surface area contributed by atoms with Gasteiger partial charge in [0.25, 0.3) is 5.91 Å². The summed E-state index contributed by atoms with van der Waals surface area (Å²) in [5.74, 6) is -1.43. The normalized spacial score (nSPS) is 10.6. The number of carbonyl (C=O) groups is 3. The predicted molar refractivity (Wildman–Crippen MR) is 146 cm³/mol. The number of hydrogen-bond donors (Lipinski definition) is 3. The molecule has 0 saturated carbocycles. The van der Waals surface area contributed by atoms with E-state index in [1.807, 2.05) is 54.6 Å². The van der Waals surface area contributed by atoms with Gasteiger partial charge in [0.2, 0.25) is 0 Å². The van der Waals surface area contributed by atoms with E-state index in [0.29, 0.717) is 0 Å². The van der Waals surface area contributed by atoms with E-state index in [4.69, 9.17) is 23.2 Å². The first-order chi connectivity index (χ1) is 17.8. The second-order valence-corrected chi connectivity index (χ2v) is 9.09. The largest absolute Gasteiger partial charge is 0.481 e. The lowest BCUT2D eigenvalue weighted by Crippen LogP contribution is -2.33. The summed E-state index contributed by atoms with van der Waals surface area (Å²) >= 11 is 12.4. The summed E-state index contributed by atoms with van der Waals surface area (Å²) in [6.07, 6.45) is -0.222. The van der Waals surface area contributed by atoms with Crippen LogP contribution in [0.3, 0.4) is 0 Å². The Balaban J connectivity index is 1.69. The lowest BCUT2D eigenvalue weighted by atomic mass is 10.0. The lowest BCUT2D eigenvalue weighted by Gasteiger charge is -2.24. The number of anilines is 2. The first kappa shape index (κ1) is 26.0. The minimum Gasteiger partial charge on any atom is -0.481 e.